The highest BCUT2D eigenvalue weighted by Gasteiger charge is 2.21. The van der Waals surface area contributed by atoms with E-state index in [0.717, 1.165) is 6.42 Å². The first-order valence-electron chi connectivity index (χ1n) is 5.13. The van der Waals surface area contributed by atoms with Gasteiger partial charge in [-0.05, 0) is 12.5 Å². The Bertz CT molecular complexity index is 454. The monoisotopic (exact) mass is 235 g/mol. The van der Waals surface area contributed by atoms with Gasteiger partial charge in [0.05, 0.1) is 4.92 Å². The maximum Gasteiger partial charge on any atom is 0.328 e. The number of anilines is 1. The Hall–Kier alpha value is -2.20. The van der Waals surface area contributed by atoms with Gasteiger partial charge in [0.25, 0.3) is 0 Å². The van der Waals surface area contributed by atoms with E-state index in [4.69, 9.17) is 11.0 Å². The molecule has 7 heteroatoms. The Balaban J connectivity index is 2.99. The second-order valence-corrected chi connectivity index (χ2v) is 3.47. The number of nitro groups is 1. The molecule has 0 aliphatic rings. The van der Waals surface area contributed by atoms with Crippen LogP contribution in [0.5, 0.6) is 0 Å². The van der Waals surface area contributed by atoms with Crippen LogP contribution < -0.4 is 11.1 Å². The molecule has 1 unspecified atom stereocenters. The first kappa shape index (κ1) is 12.9. The molecule has 0 aromatic carbocycles. The molecule has 0 radical (unpaired) electrons. The number of hydrogen-bond acceptors (Lipinski definition) is 6. The van der Waals surface area contributed by atoms with E-state index in [1.165, 1.54) is 12.3 Å². The van der Waals surface area contributed by atoms with Crippen LogP contribution in [-0.2, 0) is 0 Å². The maximum absolute atomic E-state index is 10.9. The molecule has 0 saturated heterocycles. The molecular weight excluding hydrogens is 222 g/mol. The number of pyridine rings is 1. The molecule has 1 rings (SSSR count). The van der Waals surface area contributed by atoms with Gasteiger partial charge in [0.15, 0.2) is 0 Å². The van der Waals surface area contributed by atoms with E-state index in [9.17, 15) is 10.1 Å². The summed E-state index contributed by atoms with van der Waals surface area (Å²) < 4.78 is 0. The van der Waals surface area contributed by atoms with Crippen molar-refractivity contribution in [3.63, 3.8) is 0 Å². The van der Waals surface area contributed by atoms with Crippen molar-refractivity contribution in [3.05, 3.63) is 27.9 Å². The molecule has 0 fully saturated rings. The smallest absolute Gasteiger partial charge is 0.328 e. The molecule has 0 aliphatic carbocycles. The fourth-order valence-corrected chi connectivity index (χ4v) is 1.23. The second-order valence-electron chi connectivity index (χ2n) is 3.47. The molecule has 0 spiro atoms. The molecule has 3 N–H and O–H groups in total. The van der Waals surface area contributed by atoms with E-state index in [1.54, 1.807) is 6.07 Å². The molecule has 90 valence electrons. The predicted molar refractivity (Wildman–Crippen MR) is 62.4 cm³/mol. The minimum Gasteiger partial charge on any atom is -0.363 e. The summed E-state index contributed by atoms with van der Waals surface area (Å²) in [7, 11) is 0. The number of nitrogens with one attached hydrogen (secondary N) is 1. The van der Waals surface area contributed by atoms with E-state index < -0.39 is 4.92 Å². The van der Waals surface area contributed by atoms with Crippen LogP contribution in [0, 0.1) is 21.4 Å². The zero-order valence-corrected chi connectivity index (χ0v) is 9.38. The molecule has 0 amide bonds. The Kier molecular flexibility index (Phi) is 4.37. The average Bonchev–Trinajstić information content (AvgIpc) is 2.34. The number of aromatic nitrogens is 1. The molecular formula is C10H13N5O2. The van der Waals surface area contributed by atoms with Crippen LogP contribution in [0.3, 0.4) is 0 Å². The average molecular weight is 235 g/mol. The van der Waals surface area contributed by atoms with Crippen molar-refractivity contribution in [1.29, 1.82) is 5.26 Å². The number of rotatable bonds is 5. The van der Waals surface area contributed by atoms with Crippen molar-refractivity contribution in [2.45, 2.75) is 19.4 Å². The first-order valence-corrected chi connectivity index (χ1v) is 5.13. The van der Waals surface area contributed by atoms with Crippen molar-refractivity contribution < 1.29 is 4.92 Å². The zero-order chi connectivity index (χ0) is 12.8. The van der Waals surface area contributed by atoms with Crippen molar-refractivity contribution >= 4 is 11.5 Å². The van der Waals surface area contributed by atoms with E-state index in [2.05, 4.69) is 10.3 Å². The van der Waals surface area contributed by atoms with E-state index in [-0.39, 0.29) is 23.1 Å². The van der Waals surface area contributed by atoms with Gasteiger partial charge in [-0.25, -0.2) is 4.98 Å². The SMILES string of the molecule is CCC(N)CNc1nccc(C#N)c1[N+](=O)[O-]. The largest absolute Gasteiger partial charge is 0.363 e. The lowest BCUT2D eigenvalue weighted by molar-refractivity contribution is -0.384. The summed E-state index contributed by atoms with van der Waals surface area (Å²) in [6.45, 7) is 2.29. The fourth-order valence-electron chi connectivity index (χ4n) is 1.23. The van der Waals surface area contributed by atoms with Crippen LogP contribution in [-0.4, -0.2) is 22.5 Å². The molecule has 1 atom stereocenters. The summed E-state index contributed by atoms with van der Waals surface area (Å²) in [5.74, 6) is 0.0814. The lowest BCUT2D eigenvalue weighted by Crippen LogP contribution is -2.28. The van der Waals surface area contributed by atoms with Crippen LogP contribution in [0.15, 0.2) is 12.3 Å². The Morgan fingerprint density at radius 3 is 3.00 bits per heavy atom. The van der Waals surface area contributed by atoms with Crippen LogP contribution in [0.2, 0.25) is 0 Å². The summed E-state index contributed by atoms with van der Waals surface area (Å²) in [5.41, 5.74) is 5.37. The highest BCUT2D eigenvalue weighted by molar-refractivity contribution is 5.64. The lowest BCUT2D eigenvalue weighted by atomic mass is 10.2. The van der Waals surface area contributed by atoms with Crippen molar-refractivity contribution in [2.24, 2.45) is 5.73 Å². The van der Waals surface area contributed by atoms with Crippen LogP contribution in [0.4, 0.5) is 11.5 Å². The van der Waals surface area contributed by atoms with Gasteiger partial charge in [0.1, 0.15) is 11.6 Å². The maximum atomic E-state index is 10.9. The van der Waals surface area contributed by atoms with Gasteiger partial charge in [-0.2, -0.15) is 5.26 Å². The van der Waals surface area contributed by atoms with E-state index in [0.29, 0.717) is 6.54 Å². The van der Waals surface area contributed by atoms with Gasteiger partial charge in [-0.15, -0.1) is 0 Å². The molecule has 0 bridgehead atoms. The number of nitrogens with zero attached hydrogens (tertiary/aromatic N) is 3. The van der Waals surface area contributed by atoms with Crippen molar-refractivity contribution in [1.82, 2.24) is 4.98 Å². The Morgan fingerprint density at radius 2 is 2.47 bits per heavy atom. The highest BCUT2D eigenvalue weighted by atomic mass is 16.6. The van der Waals surface area contributed by atoms with Gasteiger partial charge >= 0.3 is 5.69 Å². The minimum absolute atomic E-state index is 0.0161. The van der Waals surface area contributed by atoms with Gasteiger partial charge in [-0.3, -0.25) is 10.1 Å². The Labute approximate surface area is 98.4 Å². The third-order valence-corrected chi connectivity index (χ3v) is 2.28. The summed E-state index contributed by atoms with van der Waals surface area (Å²) in [6, 6.07) is 2.97. The molecule has 1 heterocycles. The topological polar surface area (TPSA) is 118 Å². The molecule has 7 nitrogen and oxygen atoms in total. The number of nitrogens with two attached hydrogens (primary N) is 1. The van der Waals surface area contributed by atoms with E-state index in [1.807, 2.05) is 6.92 Å². The van der Waals surface area contributed by atoms with Crippen LogP contribution in [0.25, 0.3) is 0 Å². The molecule has 0 aliphatic heterocycles. The highest BCUT2D eigenvalue weighted by Crippen LogP contribution is 2.25. The van der Waals surface area contributed by atoms with Crippen LogP contribution in [0.1, 0.15) is 18.9 Å². The summed E-state index contributed by atoms with van der Waals surface area (Å²) in [4.78, 5) is 14.1. The first-order chi connectivity index (χ1) is 8.10. The molecule has 1 aromatic rings. The van der Waals surface area contributed by atoms with Crippen molar-refractivity contribution in [3.8, 4) is 6.07 Å². The summed E-state index contributed by atoms with van der Waals surface area (Å²) >= 11 is 0. The standard InChI is InChI=1S/C10H13N5O2/c1-2-8(12)6-14-10-9(15(16)17)7(5-11)3-4-13-10/h3-4,8H,2,6,12H2,1H3,(H,13,14). The van der Waals surface area contributed by atoms with Gasteiger partial charge in [0.2, 0.25) is 5.82 Å². The molecule has 17 heavy (non-hydrogen) atoms. The number of nitriles is 1. The van der Waals surface area contributed by atoms with Crippen LogP contribution >= 0.6 is 0 Å². The quantitative estimate of drug-likeness (QED) is 0.580. The number of hydrogen-bond donors (Lipinski definition) is 2. The fraction of sp³-hybridized carbons (Fsp3) is 0.400. The summed E-state index contributed by atoms with van der Waals surface area (Å²) in [6.07, 6.45) is 2.10. The molecule has 0 saturated carbocycles. The second kappa shape index (κ2) is 5.77. The van der Waals surface area contributed by atoms with Crippen molar-refractivity contribution in [2.75, 3.05) is 11.9 Å². The Morgan fingerprint density at radius 1 is 1.76 bits per heavy atom. The molecule has 1 aromatic heterocycles. The van der Waals surface area contributed by atoms with E-state index >= 15 is 0 Å². The zero-order valence-electron chi connectivity index (χ0n) is 9.38. The lowest BCUT2D eigenvalue weighted by Gasteiger charge is -2.10. The predicted octanol–water partition coefficient (Wildman–Crippen LogP) is 1.01. The van der Waals surface area contributed by atoms with Gasteiger partial charge in [0, 0.05) is 18.8 Å². The van der Waals surface area contributed by atoms with Gasteiger partial charge < -0.3 is 11.1 Å². The normalized spacial score (nSPS) is 11.6. The minimum atomic E-state index is -0.620. The van der Waals surface area contributed by atoms with Gasteiger partial charge in [-0.1, -0.05) is 6.92 Å². The summed E-state index contributed by atoms with van der Waals surface area (Å²) in [5, 5.41) is 22.4. The third-order valence-electron chi connectivity index (χ3n) is 2.28. The third kappa shape index (κ3) is 3.12.